The molecule has 0 aliphatic carbocycles. The van der Waals surface area contributed by atoms with Gasteiger partial charge in [-0.25, -0.2) is 9.97 Å². The molecule has 0 aliphatic heterocycles. The largest absolute Gasteiger partial charge is 0.382 e. The van der Waals surface area contributed by atoms with Gasteiger partial charge in [0.05, 0.1) is 11.0 Å². The maximum atomic E-state index is 5.99. The highest BCUT2D eigenvalue weighted by molar-refractivity contribution is 6.08. The van der Waals surface area contributed by atoms with Crippen LogP contribution in [0.15, 0.2) is 18.2 Å². The molecule has 2 heterocycles. The van der Waals surface area contributed by atoms with Gasteiger partial charge in [-0.05, 0) is 12.0 Å². The van der Waals surface area contributed by atoms with Crippen LogP contribution in [0.1, 0.15) is 12.5 Å². The number of nitrogens with zero attached hydrogens (tertiary/aromatic N) is 3. The Labute approximate surface area is 104 Å². The van der Waals surface area contributed by atoms with Crippen molar-refractivity contribution in [3.05, 3.63) is 23.8 Å². The molecule has 3 rings (SSSR count). The Morgan fingerprint density at radius 2 is 1.94 bits per heavy atom. The van der Waals surface area contributed by atoms with Crippen LogP contribution in [-0.2, 0) is 13.5 Å². The molecule has 4 N–H and O–H groups in total. The fourth-order valence-electron chi connectivity index (χ4n) is 2.38. The zero-order valence-corrected chi connectivity index (χ0v) is 10.4. The Balaban J connectivity index is 2.61. The number of anilines is 2. The van der Waals surface area contributed by atoms with E-state index in [4.69, 9.17) is 11.5 Å². The third-order valence-corrected chi connectivity index (χ3v) is 3.36. The minimum atomic E-state index is 0.436. The average Bonchev–Trinajstić information content (AvgIpc) is 2.67. The highest BCUT2D eigenvalue weighted by Crippen LogP contribution is 2.30. The van der Waals surface area contributed by atoms with Gasteiger partial charge in [-0.15, -0.1) is 0 Å². The molecule has 0 saturated heterocycles. The van der Waals surface area contributed by atoms with E-state index < -0.39 is 0 Å². The zero-order chi connectivity index (χ0) is 12.9. The molecule has 0 bridgehead atoms. The molecule has 92 valence electrons. The molecule has 0 fully saturated rings. The molecule has 0 saturated carbocycles. The van der Waals surface area contributed by atoms with Crippen molar-refractivity contribution in [2.45, 2.75) is 13.3 Å². The molecular formula is C13H15N5. The third-order valence-electron chi connectivity index (χ3n) is 3.36. The van der Waals surface area contributed by atoms with E-state index >= 15 is 0 Å². The van der Waals surface area contributed by atoms with Gasteiger partial charge in [0.2, 0.25) is 5.95 Å². The third kappa shape index (κ3) is 1.27. The van der Waals surface area contributed by atoms with E-state index in [1.54, 1.807) is 0 Å². The van der Waals surface area contributed by atoms with Crippen LogP contribution in [-0.4, -0.2) is 14.5 Å². The molecule has 5 nitrogen and oxygen atoms in total. The molecule has 0 unspecified atom stereocenters. The predicted molar refractivity (Wildman–Crippen MR) is 74.2 cm³/mol. The number of imidazole rings is 1. The van der Waals surface area contributed by atoms with Crippen molar-refractivity contribution >= 4 is 33.7 Å². The van der Waals surface area contributed by atoms with Gasteiger partial charge in [0, 0.05) is 12.4 Å². The summed E-state index contributed by atoms with van der Waals surface area (Å²) in [5, 5.41) is 1.05. The minimum absolute atomic E-state index is 0.436. The van der Waals surface area contributed by atoms with Crippen molar-refractivity contribution in [1.29, 1.82) is 0 Å². The highest BCUT2D eigenvalue weighted by Gasteiger charge is 2.14. The molecule has 5 heteroatoms. The van der Waals surface area contributed by atoms with Gasteiger partial charge >= 0.3 is 0 Å². The first kappa shape index (κ1) is 10.8. The Kier molecular flexibility index (Phi) is 2.16. The van der Waals surface area contributed by atoms with Crippen LogP contribution < -0.4 is 11.5 Å². The summed E-state index contributed by atoms with van der Waals surface area (Å²) in [6.45, 7) is 2.11. The second kappa shape index (κ2) is 3.60. The predicted octanol–water partition coefficient (Wildman–Crippen LogP) is 1.85. The number of hydrogen-bond acceptors (Lipinski definition) is 4. The van der Waals surface area contributed by atoms with E-state index in [1.165, 1.54) is 5.56 Å². The SMILES string of the molecule is CCc1cccc2c1nc(N)c1nc(N)n(C)c12. The molecule has 18 heavy (non-hydrogen) atoms. The number of nitrogens with two attached hydrogens (primary N) is 2. The second-order valence-electron chi connectivity index (χ2n) is 4.39. The summed E-state index contributed by atoms with van der Waals surface area (Å²) in [6, 6.07) is 6.13. The fraction of sp³-hybridized carbons (Fsp3) is 0.231. The fourth-order valence-corrected chi connectivity index (χ4v) is 2.38. The topological polar surface area (TPSA) is 82.8 Å². The number of rotatable bonds is 1. The Morgan fingerprint density at radius 1 is 1.17 bits per heavy atom. The molecule has 1 aromatic carbocycles. The van der Waals surface area contributed by atoms with Crippen LogP contribution in [0.25, 0.3) is 21.9 Å². The van der Waals surface area contributed by atoms with Gasteiger partial charge in [-0.1, -0.05) is 25.1 Å². The highest BCUT2D eigenvalue weighted by atomic mass is 15.1. The van der Waals surface area contributed by atoms with Crippen LogP contribution in [0.4, 0.5) is 11.8 Å². The second-order valence-corrected chi connectivity index (χ2v) is 4.39. The summed E-state index contributed by atoms with van der Waals surface area (Å²) in [5.74, 6) is 0.888. The normalized spacial score (nSPS) is 11.4. The summed E-state index contributed by atoms with van der Waals surface area (Å²) in [7, 11) is 1.89. The molecule has 2 aromatic heterocycles. The van der Waals surface area contributed by atoms with Crippen molar-refractivity contribution in [1.82, 2.24) is 14.5 Å². The van der Waals surface area contributed by atoms with Gasteiger partial charge in [0.25, 0.3) is 0 Å². The lowest BCUT2D eigenvalue weighted by Crippen LogP contribution is -1.98. The first-order valence-corrected chi connectivity index (χ1v) is 5.92. The molecule has 0 spiro atoms. The quantitative estimate of drug-likeness (QED) is 0.681. The standard InChI is InChI=1S/C13H15N5/c1-3-7-5-4-6-8-9(7)16-12(14)10-11(8)18(2)13(15)17-10/h4-6H,3H2,1-2H3,(H2,14,16)(H2,15,17). The smallest absolute Gasteiger partial charge is 0.201 e. The van der Waals surface area contributed by atoms with Crippen molar-refractivity contribution in [2.75, 3.05) is 11.5 Å². The van der Waals surface area contributed by atoms with E-state index in [0.29, 0.717) is 17.3 Å². The molecule has 0 amide bonds. The van der Waals surface area contributed by atoms with Gasteiger partial charge < -0.3 is 16.0 Å². The first-order chi connectivity index (χ1) is 8.63. The van der Waals surface area contributed by atoms with Crippen LogP contribution in [0.5, 0.6) is 0 Å². The Bertz CT molecular complexity index is 757. The van der Waals surface area contributed by atoms with Crippen LogP contribution in [0.2, 0.25) is 0 Å². The summed E-state index contributed by atoms with van der Waals surface area (Å²) in [5.41, 5.74) is 15.6. The molecular weight excluding hydrogens is 226 g/mol. The van der Waals surface area contributed by atoms with Crippen molar-refractivity contribution in [2.24, 2.45) is 7.05 Å². The zero-order valence-electron chi connectivity index (χ0n) is 10.4. The monoisotopic (exact) mass is 241 g/mol. The molecule has 0 radical (unpaired) electrons. The Morgan fingerprint density at radius 3 is 2.67 bits per heavy atom. The summed E-state index contributed by atoms with van der Waals surface area (Å²) in [4.78, 5) is 8.75. The van der Waals surface area contributed by atoms with Gasteiger partial charge in [-0.2, -0.15) is 0 Å². The maximum absolute atomic E-state index is 5.99. The lowest BCUT2D eigenvalue weighted by molar-refractivity contribution is 0.968. The number of benzene rings is 1. The van der Waals surface area contributed by atoms with E-state index in [9.17, 15) is 0 Å². The number of aryl methyl sites for hydroxylation is 2. The number of fused-ring (bicyclic) bond motifs is 3. The number of para-hydroxylation sites is 1. The van der Waals surface area contributed by atoms with Crippen LogP contribution in [0, 0.1) is 0 Å². The van der Waals surface area contributed by atoms with Gasteiger partial charge in [0.15, 0.2) is 5.82 Å². The van der Waals surface area contributed by atoms with Crippen LogP contribution in [0.3, 0.4) is 0 Å². The van der Waals surface area contributed by atoms with E-state index in [2.05, 4.69) is 23.0 Å². The van der Waals surface area contributed by atoms with Gasteiger partial charge in [0.1, 0.15) is 5.52 Å². The van der Waals surface area contributed by atoms with Gasteiger partial charge in [-0.3, -0.25) is 0 Å². The lowest BCUT2D eigenvalue weighted by atomic mass is 10.1. The summed E-state index contributed by atoms with van der Waals surface area (Å²) in [6.07, 6.45) is 0.919. The van der Waals surface area contributed by atoms with E-state index in [-0.39, 0.29) is 0 Å². The first-order valence-electron chi connectivity index (χ1n) is 5.92. The van der Waals surface area contributed by atoms with Crippen molar-refractivity contribution < 1.29 is 0 Å². The van der Waals surface area contributed by atoms with Crippen LogP contribution >= 0.6 is 0 Å². The van der Waals surface area contributed by atoms with E-state index in [0.717, 1.165) is 22.8 Å². The minimum Gasteiger partial charge on any atom is -0.382 e. The van der Waals surface area contributed by atoms with E-state index in [1.807, 2.05) is 23.7 Å². The summed E-state index contributed by atoms with van der Waals surface area (Å²) >= 11 is 0. The molecule has 0 aliphatic rings. The molecule has 0 atom stereocenters. The number of aromatic nitrogens is 3. The molecule has 3 aromatic rings. The van der Waals surface area contributed by atoms with Crippen molar-refractivity contribution in [3.63, 3.8) is 0 Å². The number of pyridine rings is 1. The van der Waals surface area contributed by atoms with Crippen molar-refractivity contribution in [3.8, 4) is 0 Å². The maximum Gasteiger partial charge on any atom is 0.201 e. The lowest BCUT2D eigenvalue weighted by Gasteiger charge is -2.07. The number of hydrogen-bond donors (Lipinski definition) is 2. The summed E-state index contributed by atoms with van der Waals surface area (Å²) < 4.78 is 1.86. The number of nitrogen functional groups attached to an aromatic ring is 2. The average molecular weight is 241 g/mol. The Hall–Kier alpha value is -2.30.